The number of ether oxygens (including phenoxy) is 1. The van der Waals surface area contributed by atoms with E-state index in [1.165, 1.54) is 27.0 Å². The van der Waals surface area contributed by atoms with Crippen LogP contribution in [-0.4, -0.2) is 43.2 Å². The van der Waals surface area contributed by atoms with Gasteiger partial charge in [-0.3, -0.25) is 4.79 Å². The Hall–Kier alpha value is -2.09. The first-order valence-electron chi connectivity index (χ1n) is 9.36. The summed E-state index contributed by atoms with van der Waals surface area (Å²) in [5.41, 5.74) is 1.16. The largest absolute Gasteiger partial charge is 0.497 e. The molecular formula is C20H25FN2O4S. The summed E-state index contributed by atoms with van der Waals surface area (Å²) in [6.07, 6.45) is 2.96. The molecule has 0 N–H and O–H groups in total. The lowest BCUT2D eigenvalue weighted by Gasteiger charge is -2.30. The number of ketones is 1. The van der Waals surface area contributed by atoms with Gasteiger partial charge in [-0.2, -0.15) is 10.2 Å². The number of carbonyl (C=O) groups excluding carboxylic acids is 1. The van der Waals surface area contributed by atoms with E-state index in [0.717, 1.165) is 19.3 Å². The predicted molar refractivity (Wildman–Crippen MR) is 106 cm³/mol. The van der Waals surface area contributed by atoms with Crippen molar-refractivity contribution in [2.75, 3.05) is 12.9 Å². The molecule has 0 unspecified atom stereocenters. The van der Waals surface area contributed by atoms with Crippen LogP contribution in [0.1, 0.15) is 51.5 Å². The highest BCUT2D eigenvalue weighted by Crippen LogP contribution is 2.32. The second kappa shape index (κ2) is 7.73. The van der Waals surface area contributed by atoms with Gasteiger partial charge in [0.25, 0.3) is 0 Å². The maximum Gasteiger partial charge on any atom is 0.162 e. The minimum Gasteiger partial charge on any atom is -0.497 e. The minimum atomic E-state index is -3.56. The Balaban J connectivity index is 1.64. The van der Waals surface area contributed by atoms with E-state index in [2.05, 4.69) is 10.2 Å². The van der Waals surface area contributed by atoms with Gasteiger partial charge in [0.05, 0.1) is 24.3 Å². The highest BCUT2D eigenvalue weighted by atomic mass is 32.2. The van der Waals surface area contributed by atoms with Crippen LogP contribution in [0.4, 0.5) is 4.39 Å². The van der Waals surface area contributed by atoms with Crippen LogP contribution in [0.25, 0.3) is 0 Å². The van der Waals surface area contributed by atoms with Crippen molar-refractivity contribution in [1.29, 1.82) is 0 Å². The van der Waals surface area contributed by atoms with E-state index >= 15 is 0 Å². The van der Waals surface area contributed by atoms with E-state index in [1.54, 1.807) is 12.1 Å². The molecule has 28 heavy (non-hydrogen) atoms. The number of hydrogen-bond acceptors (Lipinski definition) is 6. The maximum absolute atomic E-state index is 14.2. The summed E-state index contributed by atoms with van der Waals surface area (Å²) in [4.78, 5) is 12.7. The fourth-order valence-electron chi connectivity index (χ4n) is 3.25. The van der Waals surface area contributed by atoms with Gasteiger partial charge in [-0.15, -0.1) is 0 Å². The Morgan fingerprint density at radius 2 is 2.00 bits per heavy atom. The van der Waals surface area contributed by atoms with Crippen LogP contribution in [0, 0.1) is 11.7 Å². The zero-order valence-corrected chi connectivity index (χ0v) is 17.2. The summed E-state index contributed by atoms with van der Waals surface area (Å²) in [6.45, 7) is 2.92. The molecule has 3 rings (SSSR count). The molecule has 6 nitrogen and oxygen atoms in total. The summed E-state index contributed by atoms with van der Waals surface area (Å²) in [5, 5.41) is 7.99. The molecule has 0 amide bonds. The molecular weight excluding hydrogens is 383 g/mol. The van der Waals surface area contributed by atoms with Crippen LogP contribution in [0.2, 0.25) is 0 Å². The van der Waals surface area contributed by atoms with E-state index < -0.39 is 26.2 Å². The average molecular weight is 408 g/mol. The van der Waals surface area contributed by atoms with E-state index in [4.69, 9.17) is 4.74 Å². The topological polar surface area (TPSA) is 85.2 Å². The third-order valence-corrected chi connectivity index (χ3v) is 8.36. The van der Waals surface area contributed by atoms with Crippen molar-refractivity contribution in [2.45, 2.75) is 50.7 Å². The van der Waals surface area contributed by atoms with Crippen molar-refractivity contribution in [2.24, 2.45) is 16.1 Å². The number of rotatable bonds is 8. The molecule has 8 heteroatoms. The molecule has 152 valence electrons. The number of benzene rings is 1. The summed E-state index contributed by atoms with van der Waals surface area (Å²) < 4.78 is 43.2. The summed E-state index contributed by atoms with van der Waals surface area (Å²) >= 11 is 0. The molecule has 0 atom stereocenters. The van der Waals surface area contributed by atoms with Gasteiger partial charge in [0.2, 0.25) is 0 Å². The first kappa shape index (κ1) is 20.6. The lowest BCUT2D eigenvalue weighted by molar-refractivity contribution is -0.119. The smallest absolute Gasteiger partial charge is 0.162 e. The first-order valence-corrected chi connectivity index (χ1v) is 11.0. The van der Waals surface area contributed by atoms with Crippen LogP contribution in [0.3, 0.4) is 0 Å². The fraction of sp³-hybridized carbons (Fsp3) is 0.550. The second-order valence-corrected chi connectivity index (χ2v) is 10.5. The molecule has 1 aromatic carbocycles. The van der Waals surface area contributed by atoms with Gasteiger partial charge in [-0.1, -0.05) is 6.42 Å². The lowest BCUT2D eigenvalue weighted by Crippen LogP contribution is -2.44. The summed E-state index contributed by atoms with van der Waals surface area (Å²) in [5.74, 6) is -0.276. The maximum atomic E-state index is 14.2. The zero-order chi connectivity index (χ0) is 20.5. The third-order valence-electron chi connectivity index (χ3n) is 5.66. The highest BCUT2D eigenvalue weighted by Gasteiger charge is 2.43. The Morgan fingerprint density at radius 1 is 1.29 bits per heavy atom. The predicted octanol–water partition coefficient (Wildman–Crippen LogP) is 3.34. The molecule has 1 aromatic rings. The molecule has 1 aliphatic heterocycles. The Morgan fingerprint density at radius 3 is 2.57 bits per heavy atom. The van der Waals surface area contributed by atoms with Crippen molar-refractivity contribution < 1.29 is 22.3 Å². The van der Waals surface area contributed by atoms with Gasteiger partial charge in [0.1, 0.15) is 16.3 Å². The van der Waals surface area contributed by atoms with Crippen molar-refractivity contribution >= 4 is 27.0 Å². The SMILES string of the molecule is COc1ccc(C2=NN=C(CC(=O)C(C)(C)S(=O)(=O)CC3CCC3)C2)c(F)c1. The first-order chi connectivity index (χ1) is 13.1. The van der Waals surface area contributed by atoms with Crippen LogP contribution < -0.4 is 4.74 Å². The average Bonchev–Trinajstić information content (AvgIpc) is 3.06. The van der Waals surface area contributed by atoms with Crippen LogP contribution in [-0.2, 0) is 14.6 Å². The molecule has 0 bridgehead atoms. The molecule has 1 heterocycles. The van der Waals surface area contributed by atoms with Gasteiger partial charge in [0.15, 0.2) is 15.6 Å². The Bertz CT molecular complexity index is 947. The molecule has 0 radical (unpaired) electrons. The fourth-order valence-corrected chi connectivity index (χ4v) is 5.04. The standard InChI is InChI=1S/C20H25FN2O4S/c1-20(2,28(25,26)12-13-5-4-6-13)19(24)10-14-9-18(23-22-14)16-8-7-15(27-3)11-17(16)21/h7-8,11,13H,4-6,9-10,12H2,1-3H3. The molecule has 0 saturated heterocycles. The van der Waals surface area contributed by atoms with Gasteiger partial charge < -0.3 is 4.74 Å². The van der Waals surface area contributed by atoms with Crippen molar-refractivity contribution in [3.05, 3.63) is 29.6 Å². The van der Waals surface area contributed by atoms with E-state index in [-0.39, 0.29) is 24.5 Å². The van der Waals surface area contributed by atoms with Crippen molar-refractivity contribution in [3.63, 3.8) is 0 Å². The van der Waals surface area contributed by atoms with E-state index in [0.29, 0.717) is 22.7 Å². The van der Waals surface area contributed by atoms with E-state index in [9.17, 15) is 17.6 Å². The molecule has 1 fully saturated rings. The van der Waals surface area contributed by atoms with Gasteiger partial charge in [-0.25, -0.2) is 12.8 Å². The lowest BCUT2D eigenvalue weighted by atomic mass is 9.87. The summed E-state index contributed by atoms with van der Waals surface area (Å²) in [6, 6.07) is 4.44. The Labute approximate surface area is 164 Å². The molecule has 1 saturated carbocycles. The van der Waals surface area contributed by atoms with Gasteiger partial charge in [-0.05, 0) is 44.7 Å². The normalized spacial score (nSPS) is 17.7. The number of methoxy groups -OCH3 is 1. The van der Waals surface area contributed by atoms with Gasteiger partial charge >= 0.3 is 0 Å². The van der Waals surface area contributed by atoms with Crippen molar-refractivity contribution in [1.82, 2.24) is 0 Å². The highest BCUT2D eigenvalue weighted by molar-refractivity contribution is 7.93. The van der Waals surface area contributed by atoms with Crippen LogP contribution in [0.5, 0.6) is 5.75 Å². The second-order valence-electron chi connectivity index (χ2n) is 7.92. The summed E-state index contributed by atoms with van der Waals surface area (Å²) in [7, 11) is -2.10. The number of sulfone groups is 1. The van der Waals surface area contributed by atoms with Gasteiger partial charge in [0, 0.05) is 24.5 Å². The monoisotopic (exact) mass is 408 g/mol. The minimum absolute atomic E-state index is 0.0526. The molecule has 0 aromatic heterocycles. The van der Waals surface area contributed by atoms with Crippen LogP contribution >= 0.6 is 0 Å². The van der Waals surface area contributed by atoms with Crippen molar-refractivity contribution in [3.8, 4) is 5.75 Å². The number of nitrogens with zero attached hydrogens (tertiary/aromatic N) is 2. The third kappa shape index (κ3) is 4.01. The zero-order valence-electron chi connectivity index (χ0n) is 16.4. The number of Topliss-reactive ketones (excluding diaryl/α,β-unsaturated/α-hetero) is 1. The van der Waals surface area contributed by atoms with E-state index in [1.807, 2.05) is 0 Å². The number of hydrogen-bond donors (Lipinski definition) is 0. The molecule has 2 aliphatic rings. The Kier molecular flexibility index (Phi) is 5.70. The molecule has 0 spiro atoms. The molecule has 1 aliphatic carbocycles. The van der Waals surface area contributed by atoms with Crippen LogP contribution in [0.15, 0.2) is 28.4 Å². The number of halogens is 1. The quantitative estimate of drug-likeness (QED) is 0.660. The number of carbonyl (C=O) groups is 1.